The Hall–Kier alpha value is -1.88. The highest BCUT2D eigenvalue weighted by atomic mass is 16.5. The van der Waals surface area contributed by atoms with Crippen molar-refractivity contribution in [3.8, 4) is 0 Å². The monoisotopic (exact) mass is 250 g/mol. The molecule has 5 heteroatoms. The van der Waals surface area contributed by atoms with E-state index in [0.29, 0.717) is 13.2 Å². The minimum Gasteiger partial charge on any atom is -0.370 e. The van der Waals surface area contributed by atoms with Gasteiger partial charge in [-0.3, -0.25) is 9.59 Å². The Balaban J connectivity index is 2.20. The first kappa shape index (κ1) is 14.2. The highest BCUT2D eigenvalue weighted by Gasteiger charge is 2.02. The highest BCUT2D eigenvalue weighted by Crippen LogP contribution is 2.08. The van der Waals surface area contributed by atoms with E-state index in [1.54, 1.807) is 0 Å². The molecule has 2 amide bonds. The highest BCUT2D eigenvalue weighted by molar-refractivity contribution is 5.91. The lowest BCUT2D eigenvalue weighted by atomic mass is 10.2. The molecule has 0 radical (unpaired) electrons. The average molecular weight is 250 g/mol. The molecule has 1 aromatic carbocycles. The first-order valence-corrected chi connectivity index (χ1v) is 5.76. The van der Waals surface area contributed by atoms with E-state index in [2.05, 4.69) is 10.6 Å². The van der Waals surface area contributed by atoms with Gasteiger partial charge >= 0.3 is 0 Å². The van der Waals surface area contributed by atoms with Gasteiger partial charge < -0.3 is 15.4 Å². The molecular weight excluding hydrogens is 232 g/mol. The second-order valence-electron chi connectivity index (χ2n) is 3.95. The van der Waals surface area contributed by atoms with Gasteiger partial charge in [-0.15, -0.1) is 0 Å². The molecule has 18 heavy (non-hydrogen) atoms. The number of carbonyl (C=O) groups excluding carboxylic acids is 2. The molecule has 0 heterocycles. The van der Waals surface area contributed by atoms with Gasteiger partial charge in [0.2, 0.25) is 11.8 Å². The first-order chi connectivity index (χ1) is 8.58. The predicted molar refractivity (Wildman–Crippen MR) is 69.3 cm³/mol. The van der Waals surface area contributed by atoms with Crippen molar-refractivity contribution >= 4 is 17.5 Å². The molecular formula is C13H18N2O3. The molecule has 0 aliphatic heterocycles. The average Bonchev–Trinajstić information content (AvgIpc) is 2.28. The zero-order valence-corrected chi connectivity index (χ0v) is 10.7. The van der Waals surface area contributed by atoms with E-state index in [0.717, 1.165) is 11.3 Å². The molecule has 0 bridgehead atoms. The molecule has 1 aromatic rings. The second kappa shape index (κ2) is 7.45. The maximum atomic E-state index is 11.5. The predicted octanol–water partition coefficient (Wildman–Crippen LogP) is 1.09. The Kier molecular flexibility index (Phi) is 5.87. The summed E-state index contributed by atoms with van der Waals surface area (Å²) in [7, 11) is 0. The number of anilines is 1. The minimum atomic E-state index is -0.205. The molecule has 0 aliphatic rings. The van der Waals surface area contributed by atoms with E-state index in [-0.39, 0.29) is 18.4 Å². The van der Waals surface area contributed by atoms with Crippen LogP contribution in [0.3, 0.4) is 0 Å². The maximum Gasteiger partial charge on any atom is 0.250 e. The Morgan fingerprint density at radius 3 is 2.78 bits per heavy atom. The number of hydrogen-bond donors (Lipinski definition) is 2. The van der Waals surface area contributed by atoms with Crippen LogP contribution in [0.4, 0.5) is 5.69 Å². The quantitative estimate of drug-likeness (QED) is 0.743. The maximum absolute atomic E-state index is 11.5. The SMILES string of the molecule is CC(=O)NCCOCC(=O)Nc1cccc(C)c1. The van der Waals surface area contributed by atoms with Crippen LogP contribution < -0.4 is 10.6 Å². The van der Waals surface area contributed by atoms with Crippen LogP contribution >= 0.6 is 0 Å². The normalized spacial score (nSPS) is 9.89. The number of ether oxygens (including phenoxy) is 1. The number of benzene rings is 1. The molecule has 0 aromatic heterocycles. The van der Waals surface area contributed by atoms with Crippen LogP contribution in [-0.2, 0) is 14.3 Å². The molecule has 0 atom stereocenters. The van der Waals surface area contributed by atoms with Crippen molar-refractivity contribution in [1.29, 1.82) is 0 Å². The summed E-state index contributed by atoms with van der Waals surface area (Å²) in [4.78, 5) is 22.1. The van der Waals surface area contributed by atoms with E-state index in [1.165, 1.54) is 6.92 Å². The van der Waals surface area contributed by atoms with Gasteiger partial charge in [0.25, 0.3) is 0 Å². The molecule has 2 N–H and O–H groups in total. The third-order valence-electron chi connectivity index (χ3n) is 2.16. The molecule has 0 spiro atoms. The molecule has 98 valence electrons. The van der Waals surface area contributed by atoms with E-state index >= 15 is 0 Å². The minimum absolute atomic E-state index is 0.0203. The van der Waals surface area contributed by atoms with E-state index in [9.17, 15) is 9.59 Å². The fourth-order valence-corrected chi connectivity index (χ4v) is 1.38. The topological polar surface area (TPSA) is 67.4 Å². The van der Waals surface area contributed by atoms with Crippen molar-refractivity contribution in [2.75, 3.05) is 25.1 Å². The Labute approximate surface area is 107 Å². The van der Waals surface area contributed by atoms with Crippen molar-refractivity contribution in [3.63, 3.8) is 0 Å². The standard InChI is InChI=1S/C13H18N2O3/c1-10-4-3-5-12(8-10)15-13(17)9-18-7-6-14-11(2)16/h3-5,8H,6-7,9H2,1-2H3,(H,14,16)(H,15,17). The van der Waals surface area contributed by atoms with Crippen molar-refractivity contribution in [3.05, 3.63) is 29.8 Å². The van der Waals surface area contributed by atoms with Gasteiger partial charge in [0.15, 0.2) is 0 Å². The summed E-state index contributed by atoms with van der Waals surface area (Å²) in [5, 5.41) is 5.31. The van der Waals surface area contributed by atoms with Crippen LogP contribution in [0.2, 0.25) is 0 Å². The van der Waals surface area contributed by atoms with Crippen LogP contribution in [0.5, 0.6) is 0 Å². The number of nitrogens with one attached hydrogen (secondary N) is 2. The largest absolute Gasteiger partial charge is 0.370 e. The van der Waals surface area contributed by atoms with E-state index < -0.39 is 0 Å². The van der Waals surface area contributed by atoms with E-state index in [1.807, 2.05) is 31.2 Å². The van der Waals surface area contributed by atoms with Gasteiger partial charge in [-0.25, -0.2) is 0 Å². The summed E-state index contributed by atoms with van der Waals surface area (Å²) in [5.74, 6) is -0.314. The summed E-state index contributed by atoms with van der Waals surface area (Å²) in [6.07, 6.45) is 0. The number of carbonyl (C=O) groups is 2. The lowest BCUT2D eigenvalue weighted by molar-refractivity contribution is -0.120. The van der Waals surface area contributed by atoms with Crippen molar-refractivity contribution in [2.45, 2.75) is 13.8 Å². The Morgan fingerprint density at radius 1 is 1.33 bits per heavy atom. The Bertz CT molecular complexity index is 418. The summed E-state index contributed by atoms with van der Waals surface area (Å²) < 4.78 is 5.12. The zero-order valence-electron chi connectivity index (χ0n) is 10.7. The molecule has 0 aliphatic carbocycles. The van der Waals surface area contributed by atoms with Crippen molar-refractivity contribution < 1.29 is 14.3 Å². The lowest BCUT2D eigenvalue weighted by Crippen LogP contribution is -2.26. The van der Waals surface area contributed by atoms with Gasteiger partial charge in [0.1, 0.15) is 6.61 Å². The van der Waals surface area contributed by atoms with Gasteiger partial charge in [-0.05, 0) is 24.6 Å². The van der Waals surface area contributed by atoms with Gasteiger partial charge in [0, 0.05) is 19.2 Å². The zero-order chi connectivity index (χ0) is 13.4. The van der Waals surface area contributed by atoms with Crippen molar-refractivity contribution in [1.82, 2.24) is 5.32 Å². The van der Waals surface area contributed by atoms with Gasteiger partial charge in [-0.1, -0.05) is 12.1 Å². The van der Waals surface area contributed by atoms with Gasteiger partial charge in [-0.2, -0.15) is 0 Å². The van der Waals surface area contributed by atoms with Crippen LogP contribution in [-0.4, -0.2) is 31.6 Å². The van der Waals surface area contributed by atoms with Crippen LogP contribution in [0.25, 0.3) is 0 Å². The summed E-state index contributed by atoms with van der Waals surface area (Å²) in [6, 6.07) is 7.54. The van der Waals surface area contributed by atoms with Crippen LogP contribution in [0, 0.1) is 6.92 Å². The van der Waals surface area contributed by atoms with Crippen LogP contribution in [0.15, 0.2) is 24.3 Å². The van der Waals surface area contributed by atoms with Gasteiger partial charge in [0.05, 0.1) is 6.61 Å². The van der Waals surface area contributed by atoms with E-state index in [4.69, 9.17) is 4.74 Å². The molecule has 0 fully saturated rings. The molecule has 0 saturated carbocycles. The lowest BCUT2D eigenvalue weighted by Gasteiger charge is -2.07. The molecule has 0 unspecified atom stereocenters. The molecule has 5 nitrogen and oxygen atoms in total. The third kappa shape index (κ3) is 6.00. The number of rotatable bonds is 6. The second-order valence-corrected chi connectivity index (χ2v) is 3.95. The van der Waals surface area contributed by atoms with Crippen molar-refractivity contribution in [2.24, 2.45) is 0 Å². The first-order valence-electron chi connectivity index (χ1n) is 5.76. The summed E-state index contributed by atoms with van der Waals surface area (Å²) in [5.41, 5.74) is 1.84. The third-order valence-corrected chi connectivity index (χ3v) is 2.16. The number of amides is 2. The summed E-state index contributed by atoms with van der Waals surface area (Å²) in [6.45, 7) is 4.10. The number of hydrogen-bond acceptors (Lipinski definition) is 3. The Morgan fingerprint density at radius 2 is 2.11 bits per heavy atom. The van der Waals surface area contributed by atoms with Crippen LogP contribution in [0.1, 0.15) is 12.5 Å². The fraction of sp³-hybridized carbons (Fsp3) is 0.385. The smallest absolute Gasteiger partial charge is 0.250 e. The summed E-state index contributed by atoms with van der Waals surface area (Å²) >= 11 is 0. The molecule has 0 saturated heterocycles. The molecule has 1 rings (SSSR count). The number of aryl methyl sites for hydroxylation is 1. The fourth-order valence-electron chi connectivity index (χ4n) is 1.38.